The fourth-order valence-electron chi connectivity index (χ4n) is 2.92. The van der Waals surface area contributed by atoms with Crippen LogP contribution < -0.4 is 10.2 Å². The Labute approximate surface area is 130 Å². The van der Waals surface area contributed by atoms with E-state index in [1.165, 1.54) is 50.1 Å². The Morgan fingerprint density at radius 1 is 1.19 bits per heavy atom. The lowest BCUT2D eigenvalue weighted by Gasteiger charge is -2.24. The van der Waals surface area contributed by atoms with Crippen molar-refractivity contribution in [2.24, 2.45) is 0 Å². The molecule has 1 atom stereocenters. The van der Waals surface area contributed by atoms with E-state index in [1.54, 1.807) is 0 Å². The molecule has 1 heterocycles. The Kier molecular flexibility index (Phi) is 6.52. The van der Waals surface area contributed by atoms with Gasteiger partial charge >= 0.3 is 0 Å². The lowest BCUT2D eigenvalue weighted by Crippen LogP contribution is -2.31. The number of hydrogen-bond donors (Lipinski definition) is 1. The molecule has 0 radical (unpaired) electrons. The number of nitrogens with one attached hydrogen (secondary N) is 1. The Morgan fingerprint density at radius 2 is 1.86 bits per heavy atom. The predicted octanol–water partition coefficient (Wildman–Crippen LogP) is 3.28. The van der Waals surface area contributed by atoms with Crippen LogP contribution in [0, 0.1) is 0 Å². The maximum Gasteiger partial charge on any atom is 0.0364 e. The van der Waals surface area contributed by atoms with Gasteiger partial charge in [0.25, 0.3) is 0 Å². The first kappa shape index (κ1) is 16.3. The van der Waals surface area contributed by atoms with E-state index in [-0.39, 0.29) is 0 Å². The molecule has 0 bridgehead atoms. The number of rotatable bonds is 8. The Morgan fingerprint density at radius 3 is 2.48 bits per heavy atom. The zero-order valence-corrected chi connectivity index (χ0v) is 13.9. The van der Waals surface area contributed by atoms with E-state index < -0.39 is 0 Å². The first-order valence-corrected chi connectivity index (χ1v) is 8.47. The molecule has 21 heavy (non-hydrogen) atoms. The Bertz CT molecular complexity index is 395. The summed E-state index contributed by atoms with van der Waals surface area (Å²) in [6.45, 7) is 10.4. The normalized spacial score (nSPS) is 17.1. The molecule has 1 aromatic carbocycles. The fourth-order valence-corrected chi connectivity index (χ4v) is 2.92. The third-order valence-corrected chi connectivity index (χ3v) is 4.48. The molecular weight excluding hydrogens is 258 g/mol. The second kappa shape index (κ2) is 8.40. The molecule has 1 aliphatic heterocycles. The number of benzene rings is 1. The third-order valence-electron chi connectivity index (χ3n) is 4.48. The fraction of sp³-hybridized carbons (Fsp3) is 0.667. The van der Waals surface area contributed by atoms with Crippen LogP contribution in [0.5, 0.6) is 0 Å². The number of hydrogen-bond acceptors (Lipinski definition) is 3. The zero-order valence-electron chi connectivity index (χ0n) is 13.9. The van der Waals surface area contributed by atoms with Crippen molar-refractivity contribution in [1.82, 2.24) is 10.2 Å². The number of likely N-dealkylation sites (tertiary alicyclic amines) is 1. The topological polar surface area (TPSA) is 18.5 Å². The van der Waals surface area contributed by atoms with Crippen LogP contribution in [-0.4, -0.2) is 44.7 Å². The highest BCUT2D eigenvalue weighted by Gasteiger charge is 2.12. The van der Waals surface area contributed by atoms with Crippen molar-refractivity contribution in [3.8, 4) is 0 Å². The molecule has 0 amide bonds. The highest BCUT2D eigenvalue weighted by Crippen LogP contribution is 2.18. The minimum absolute atomic E-state index is 0.439. The molecule has 1 aromatic rings. The van der Waals surface area contributed by atoms with Crippen LogP contribution in [0.15, 0.2) is 24.3 Å². The molecule has 0 spiro atoms. The highest BCUT2D eigenvalue weighted by atomic mass is 15.2. The third kappa shape index (κ3) is 5.01. The highest BCUT2D eigenvalue weighted by molar-refractivity contribution is 5.47. The maximum absolute atomic E-state index is 3.54. The van der Waals surface area contributed by atoms with Crippen LogP contribution in [0.2, 0.25) is 0 Å². The molecule has 3 nitrogen and oxygen atoms in total. The SMILES string of the molecule is CCCNC(C)c1ccc(N(C)CCN2CCCC2)cc1. The van der Waals surface area contributed by atoms with E-state index in [4.69, 9.17) is 0 Å². The van der Waals surface area contributed by atoms with E-state index in [0.717, 1.165) is 13.1 Å². The van der Waals surface area contributed by atoms with Gasteiger partial charge in [-0.1, -0.05) is 19.1 Å². The average Bonchev–Trinajstić information content (AvgIpc) is 3.04. The van der Waals surface area contributed by atoms with E-state index in [2.05, 4.69) is 60.3 Å². The van der Waals surface area contributed by atoms with Crippen LogP contribution in [0.1, 0.15) is 44.7 Å². The number of nitrogens with zero attached hydrogens (tertiary/aromatic N) is 2. The summed E-state index contributed by atoms with van der Waals surface area (Å²) in [4.78, 5) is 4.94. The summed E-state index contributed by atoms with van der Waals surface area (Å²) in [7, 11) is 2.20. The van der Waals surface area contributed by atoms with Crippen molar-refractivity contribution in [3.63, 3.8) is 0 Å². The first-order valence-electron chi connectivity index (χ1n) is 8.47. The molecule has 1 unspecified atom stereocenters. The second-order valence-electron chi connectivity index (χ2n) is 6.24. The van der Waals surface area contributed by atoms with Gasteiger partial charge in [0.2, 0.25) is 0 Å². The summed E-state index contributed by atoms with van der Waals surface area (Å²) < 4.78 is 0. The molecule has 1 fully saturated rings. The van der Waals surface area contributed by atoms with Gasteiger partial charge in [-0.25, -0.2) is 0 Å². The van der Waals surface area contributed by atoms with Crippen LogP contribution in [0.4, 0.5) is 5.69 Å². The van der Waals surface area contributed by atoms with Crippen molar-refractivity contribution in [1.29, 1.82) is 0 Å². The van der Waals surface area contributed by atoms with Crippen molar-refractivity contribution in [2.75, 3.05) is 44.7 Å². The van der Waals surface area contributed by atoms with Gasteiger partial charge in [-0.2, -0.15) is 0 Å². The Balaban J connectivity index is 1.82. The van der Waals surface area contributed by atoms with Crippen LogP contribution in [0.3, 0.4) is 0 Å². The maximum atomic E-state index is 3.54. The van der Waals surface area contributed by atoms with Gasteiger partial charge in [0.05, 0.1) is 0 Å². The monoisotopic (exact) mass is 289 g/mol. The second-order valence-corrected chi connectivity index (χ2v) is 6.24. The molecule has 0 aliphatic carbocycles. The summed E-state index contributed by atoms with van der Waals surface area (Å²) in [6, 6.07) is 9.46. The smallest absolute Gasteiger partial charge is 0.0364 e. The van der Waals surface area contributed by atoms with Gasteiger partial charge in [0, 0.05) is 31.9 Å². The Hall–Kier alpha value is -1.06. The van der Waals surface area contributed by atoms with E-state index in [9.17, 15) is 0 Å². The van der Waals surface area contributed by atoms with Crippen molar-refractivity contribution in [2.45, 2.75) is 39.2 Å². The molecule has 0 aromatic heterocycles. The van der Waals surface area contributed by atoms with Gasteiger partial charge in [-0.3, -0.25) is 0 Å². The largest absolute Gasteiger partial charge is 0.373 e. The molecule has 0 saturated carbocycles. The zero-order chi connectivity index (χ0) is 15.1. The summed E-state index contributed by atoms with van der Waals surface area (Å²) in [6.07, 6.45) is 3.93. The summed E-state index contributed by atoms with van der Waals surface area (Å²) in [5, 5.41) is 3.54. The lowest BCUT2D eigenvalue weighted by atomic mass is 10.1. The molecule has 118 valence electrons. The molecular formula is C18H31N3. The molecule has 1 N–H and O–H groups in total. The lowest BCUT2D eigenvalue weighted by molar-refractivity contribution is 0.346. The van der Waals surface area contributed by atoms with Crippen LogP contribution in [-0.2, 0) is 0 Å². The van der Waals surface area contributed by atoms with Gasteiger partial charge in [-0.05, 0) is 63.5 Å². The quantitative estimate of drug-likeness (QED) is 0.792. The number of anilines is 1. The van der Waals surface area contributed by atoms with E-state index in [1.807, 2.05) is 0 Å². The minimum atomic E-state index is 0.439. The minimum Gasteiger partial charge on any atom is -0.373 e. The van der Waals surface area contributed by atoms with E-state index >= 15 is 0 Å². The van der Waals surface area contributed by atoms with E-state index in [0.29, 0.717) is 6.04 Å². The number of likely N-dealkylation sites (N-methyl/N-ethyl adjacent to an activating group) is 1. The average molecular weight is 289 g/mol. The van der Waals surface area contributed by atoms with Gasteiger partial charge in [0.1, 0.15) is 0 Å². The predicted molar refractivity (Wildman–Crippen MR) is 92.1 cm³/mol. The summed E-state index contributed by atoms with van der Waals surface area (Å²) >= 11 is 0. The molecule has 3 heteroatoms. The van der Waals surface area contributed by atoms with Crippen molar-refractivity contribution in [3.05, 3.63) is 29.8 Å². The van der Waals surface area contributed by atoms with Crippen molar-refractivity contribution < 1.29 is 0 Å². The van der Waals surface area contributed by atoms with Gasteiger partial charge < -0.3 is 15.1 Å². The summed E-state index contributed by atoms with van der Waals surface area (Å²) in [5.41, 5.74) is 2.70. The van der Waals surface area contributed by atoms with Gasteiger partial charge in [-0.15, -0.1) is 0 Å². The standard InChI is InChI=1S/C18H31N3/c1-4-11-19-16(2)17-7-9-18(10-8-17)20(3)14-15-21-12-5-6-13-21/h7-10,16,19H,4-6,11-15H2,1-3H3. The summed E-state index contributed by atoms with van der Waals surface area (Å²) in [5.74, 6) is 0. The van der Waals surface area contributed by atoms with Gasteiger partial charge in [0.15, 0.2) is 0 Å². The van der Waals surface area contributed by atoms with Crippen molar-refractivity contribution >= 4 is 5.69 Å². The molecule has 1 saturated heterocycles. The van der Waals surface area contributed by atoms with Crippen LogP contribution in [0.25, 0.3) is 0 Å². The first-order chi connectivity index (χ1) is 10.2. The van der Waals surface area contributed by atoms with Crippen LogP contribution >= 0.6 is 0 Å². The molecule has 2 rings (SSSR count). The molecule has 1 aliphatic rings.